The fraction of sp³-hybridized carbons (Fsp3) is 0.459. The highest BCUT2D eigenvalue weighted by Gasteiger charge is 2.46. The minimum absolute atomic E-state index is 0.0232. The first-order valence-electron chi connectivity index (χ1n) is 17.3. The van der Waals surface area contributed by atoms with E-state index in [1.54, 1.807) is 20.8 Å². The number of halogens is 3. The van der Waals surface area contributed by atoms with E-state index < -0.39 is 109 Å². The van der Waals surface area contributed by atoms with Crippen LogP contribution in [0.3, 0.4) is 0 Å². The second-order valence-electron chi connectivity index (χ2n) is 14.7. The zero-order valence-corrected chi connectivity index (χ0v) is 32.2. The van der Waals surface area contributed by atoms with Crippen LogP contribution in [0.1, 0.15) is 65.1 Å². The van der Waals surface area contributed by atoms with Gasteiger partial charge in [0.05, 0.1) is 24.0 Å². The van der Waals surface area contributed by atoms with E-state index in [1.165, 1.54) is 74.6 Å². The Balaban J connectivity index is 1.61. The summed E-state index contributed by atoms with van der Waals surface area (Å²) in [6.07, 6.45) is -5.85. The standard InChI is InChI=1S/C37H43F3N4O14/c1-35(2,3)33(51)57-18-55-30(48)24(42-32(50)37(38,39)40)15-16-54-23-13-9-20(10-14-23)26(43-53)28(46)41-25-17-44(29(25)47)27(21-7-11-22(45)12-8-21)31(49)56-19-58-34(52)36(4,5)6/h7-14,24-25,27,45,53H,15-19H2,1-6H3,(H,41,46)(H,42,50)/b43-26-. The number of hydrogen-bond donors (Lipinski definition) is 4. The summed E-state index contributed by atoms with van der Waals surface area (Å²) in [6, 6.07) is 6.01. The lowest BCUT2D eigenvalue weighted by molar-refractivity contribution is -0.180. The van der Waals surface area contributed by atoms with Crippen LogP contribution in [0.5, 0.6) is 11.5 Å². The Morgan fingerprint density at radius 1 is 0.828 bits per heavy atom. The van der Waals surface area contributed by atoms with Crippen LogP contribution in [-0.2, 0) is 52.5 Å². The number of carbonyl (C=O) groups is 7. The SMILES string of the molecule is CC(C)(C)C(=O)OCOC(=O)C(CCOc1ccc(/C(=N/O)C(=O)NC2CN(C(C(=O)OCOC(=O)C(C)(C)C)c3ccc(O)cc3)C2=O)cc1)NC(=O)C(F)(F)F. The van der Waals surface area contributed by atoms with Crippen molar-refractivity contribution in [2.75, 3.05) is 26.7 Å². The molecule has 3 unspecified atom stereocenters. The largest absolute Gasteiger partial charge is 0.508 e. The van der Waals surface area contributed by atoms with Crippen molar-refractivity contribution >= 4 is 47.3 Å². The van der Waals surface area contributed by atoms with Crippen LogP contribution in [0.4, 0.5) is 13.2 Å². The number of rotatable bonds is 16. The van der Waals surface area contributed by atoms with Crippen molar-refractivity contribution in [3.05, 3.63) is 59.7 Å². The Kier molecular flexibility index (Phi) is 15.2. The molecule has 1 aliphatic rings. The number of hydrogen-bond acceptors (Lipinski definition) is 15. The van der Waals surface area contributed by atoms with Gasteiger partial charge in [-0.25, -0.2) is 9.59 Å². The molecule has 0 aliphatic carbocycles. The molecule has 3 amide bonds. The van der Waals surface area contributed by atoms with Crippen molar-refractivity contribution < 1.29 is 80.7 Å². The summed E-state index contributed by atoms with van der Waals surface area (Å²) in [5.74, 6) is -7.91. The van der Waals surface area contributed by atoms with Crippen molar-refractivity contribution in [1.29, 1.82) is 0 Å². The summed E-state index contributed by atoms with van der Waals surface area (Å²) in [7, 11) is 0. The van der Waals surface area contributed by atoms with Gasteiger partial charge in [-0.2, -0.15) is 13.2 Å². The minimum atomic E-state index is -5.33. The number of amides is 3. The number of β-lactam (4-membered cyclic amide) rings is 1. The molecular formula is C37H43F3N4O14. The molecule has 0 aromatic heterocycles. The second kappa shape index (κ2) is 19.2. The van der Waals surface area contributed by atoms with Crippen molar-refractivity contribution in [2.45, 2.75) is 72.3 Å². The third-order valence-electron chi connectivity index (χ3n) is 7.98. The maximum atomic E-state index is 13.2. The fourth-order valence-corrected chi connectivity index (χ4v) is 4.74. The number of nitrogens with one attached hydrogen (secondary N) is 2. The normalized spacial score (nSPS) is 15.5. The smallest absolute Gasteiger partial charge is 0.471 e. The number of benzene rings is 2. The van der Waals surface area contributed by atoms with Gasteiger partial charge in [0, 0.05) is 12.0 Å². The third-order valence-corrected chi connectivity index (χ3v) is 7.98. The summed E-state index contributed by atoms with van der Waals surface area (Å²) >= 11 is 0. The van der Waals surface area contributed by atoms with E-state index in [0.29, 0.717) is 0 Å². The van der Waals surface area contributed by atoms with E-state index in [2.05, 4.69) is 10.5 Å². The molecule has 0 radical (unpaired) electrons. The molecule has 58 heavy (non-hydrogen) atoms. The molecule has 3 atom stereocenters. The zero-order chi connectivity index (χ0) is 43.6. The first kappa shape index (κ1) is 46.0. The predicted octanol–water partition coefficient (Wildman–Crippen LogP) is 2.63. The fourth-order valence-electron chi connectivity index (χ4n) is 4.74. The molecule has 0 saturated carbocycles. The molecule has 0 bridgehead atoms. The first-order valence-corrected chi connectivity index (χ1v) is 17.3. The van der Waals surface area contributed by atoms with Crippen LogP contribution in [0.15, 0.2) is 53.7 Å². The van der Waals surface area contributed by atoms with Crippen LogP contribution in [-0.4, -0.2) is 108 Å². The molecule has 1 aliphatic heterocycles. The molecule has 2 aromatic rings. The number of aromatic hydroxyl groups is 1. The van der Waals surface area contributed by atoms with Gasteiger partial charge < -0.3 is 49.5 Å². The quantitative estimate of drug-likeness (QED) is 0.0475. The monoisotopic (exact) mass is 824 g/mol. The predicted molar refractivity (Wildman–Crippen MR) is 190 cm³/mol. The maximum absolute atomic E-state index is 13.2. The number of ether oxygens (including phenoxy) is 5. The van der Waals surface area contributed by atoms with E-state index in [-0.39, 0.29) is 29.2 Å². The van der Waals surface area contributed by atoms with Gasteiger partial charge in [-0.3, -0.25) is 24.0 Å². The molecular weight excluding hydrogens is 781 g/mol. The van der Waals surface area contributed by atoms with Gasteiger partial charge in [0.2, 0.25) is 19.5 Å². The minimum Gasteiger partial charge on any atom is -0.508 e. The van der Waals surface area contributed by atoms with Crippen molar-refractivity contribution in [2.24, 2.45) is 16.0 Å². The lowest BCUT2D eigenvalue weighted by Crippen LogP contribution is -2.66. The zero-order valence-electron chi connectivity index (χ0n) is 32.2. The Morgan fingerprint density at radius 3 is 1.84 bits per heavy atom. The number of carbonyl (C=O) groups excluding carboxylic acids is 7. The number of nitrogens with zero attached hydrogens (tertiary/aromatic N) is 2. The van der Waals surface area contributed by atoms with Crippen LogP contribution in [0, 0.1) is 10.8 Å². The molecule has 18 nitrogen and oxygen atoms in total. The van der Waals surface area contributed by atoms with Gasteiger partial charge in [-0.1, -0.05) is 17.3 Å². The van der Waals surface area contributed by atoms with E-state index in [0.717, 1.165) is 4.90 Å². The van der Waals surface area contributed by atoms with Crippen LogP contribution >= 0.6 is 0 Å². The van der Waals surface area contributed by atoms with Gasteiger partial charge >= 0.3 is 36.0 Å². The maximum Gasteiger partial charge on any atom is 0.471 e. The number of esters is 4. The highest BCUT2D eigenvalue weighted by atomic mass is 19.4. The van der Waals surface area contributed by atoms with Crippen LogP contribution in [0.25, 0.3) is 0 Å². The lowest BCUT2D eigenvalue weighted by atomic mass is 9.97. The molecule has 4 N–H and O–H groups in total. The summed E-state index contributed by atoms with van der Waals surface area (Å²) in [6.45, 7) is 7.03. The van der Waals surface area contributed by atoms with Crippen LogP contribution < -0.4 is 15.4 Å². The summed E-state index contributed by atoms with van der Waals surface area (Å²) in [4.78, 5) is 88.5. The Hall–Kier alpha value is -6.41. The number of likely N-dealkylation sites (tertiary alicyclic amines) is 1. The topological polar surface area (TPSA) is 246 Å². The summed E-state index contributed by atoms with van der Waals surface area (Å²) in [5.41, 5.74) is -2.12. The highest BCUT2D eigenvalue weighted by Crippen LogP contribution is 2.30. The average molecular weight is 825 g/mol. The summed E-state index contributed by atoms with van der Waals surface area (Å²) < 4.78 is 63.8. The third kappa shape index (κ3) is 12.8. The van der Waals surface area contributed by atoms with Crippen molar-refractivity contribution in [3.63, 3.8) is 0 Å². The molecule has 2 aromatic carbocycles. The second-order valence-corrected chi connectivity index (χ2v) is 14.7. The lowest BCUT2D eigenvalue weighted by Gasteiger charge is -2.42. The molecule has 316 valence electrons. The molecule has 21 heteroatoms. The Labute approximate surface area is 329 Å². The number of oxime groups is 1. The van der Waals surface area contributed by atoms with Gasteiger partial charge in [-0.15, -0.1) is 0 Å². The summed E-state index contributed by atoms with van der Waals surface area (Å²) in [5, 5.41) is 26.3. The molecule has 1 saturated heterocycles. The first-order chi connectivity index (χ1) is 26.9. The molecule has 3 rings (SSSR count). The Morgan fingerprint density at radius 2 is 1.36 bits per heavy atom. The Bertz CT molecular complexity index is 1870. The van der Waals surface area contributed by atoms with Gasteiger partial charge in [-0.05, 0) is 83.5 Å². The van der Waals surface area contributed by atoms with Gasteiger partial charge in [0.25, 0.3) is 5.91 Å². The number of phenolic OH excluding ortho intramolecular Hbond substituents is 1. The van der Waals surface area contributed by atoms with Gasteiger partial charge in [0.15, 0.2) is 11.8 Å². The van der Waals surface area contributed by atoms with E-state index in [9.17, 15) is 57.0 Å². The number of alkyl halides is 3. The van der Waals surface area contributed by atoms with Crippen molar-refractivity contribution in [3.8, 4) is 11.5 Å². The highest BCUT2D eigenvalue weighted by molar-refractivity contribution is 6.45. The van der Waals surface area contributed by atoms with Crippen molar-refractivity contribution in [1.82, 2.24) is 15.5 Å². The van der Waals surface area contributed by atoms with Crippen LogP contribution in [0.2, 0.25) is 0 Å². The van der Waals surface area contributed by atoms with Gasteiger partial charge in [0.1, 0.15) is 23.6 Å². The van der Waals surface area contributed by atoms with E-state index in [1.807, 2.05) is 0 Å². The molecule has 0 spiro atoms. The number of phenols is 1. The van der Waals surface area contributed by atoms with E-state index in [4.69, 9.17) is 23.7 Å². The molecule has 1 heterocycles. The molecule has 1 fully saturated rings. The average Bonchev–Trinajstić information content (AvgIpc) is 3.13. The van der Waals surface area contributed by atoms with E-state index >= 15 is 0 Å².